The highest BCUT2D eigenvalue weighted by Crippen LogP contribution is 2.26. The third-order valence-electron chi connectivity index (χ3n) is 1.96. The zero-order chi connectivity index (χ0) is 11.5. The van der Waals surface area contributed by atoms with Crippen LogP contribution in [0.4, 0.5) is 0 Å². The van der Waals surface area contributed by atoms with Gasteiger partial charge in [-0.1, -0.05) is 41.0 Å². The van der Waals surface area contributed by atoms with E-state index in [-0.39, 0.29) is 0 Å². The average molecular weight is 274 g/mol. The van der Waals surface area contributed by atoms with Crippen molar-refractivity contribution in [2.24, 2.45) is 0 Å². The maximum Gasteiger partial charge on any atom is 0.188 e. The lowest BCUT2D eigenvalue weighted by atomic mass is 10.2. The summed E-state index contributed by atoms with van der Waals surface area (Å²) in [6, 6.07) is 5.49. The van der Waals surface area contributed by atoms with Crippen LogP contribution in [0.5, 0.6) is 0 Å². The van der Waals surface area contributed by atoms with Crippen LogP contribution in [0.1, 0.15) is 11.4 Å². The molecular weight excluding hydrogens is 265 g/mol. The van der Waals surface area contributed by atoms with E-state index in [2.05, 4.69) is 15.2 Å². The van der Waals surface area contributed by atoms with Gasteiger partial charge >= 0.3 is 0 Å². The second-order valence-corrected chi connectivity index (χ2v) is 5.05. The first-order chi connectivity index (χ1) is 7.65. The molecule has 1 heterocycles. The van der Waals surface area contributed by atoms with Crippen molar-refractivity contribution in [3.63, 3.8) is 0 Å². The minimum atomic E-state index is 0.647. The van der Waals surface area contributed by atoms with Gasteiger partial charge in [0.25, 0.3) is 0 Å². The molecular formula is C10H9Cl2N3S. The molecule has 2 rings (SSSR count). The van der Waals surface area contributed by atoms with Gasteiger partial charge in [0.1, 0.15) is 5.82 Å². The number of aryl methyl sites for hydroxylation is 1. The second kappa shape index (κ2) is 5.08. The lowest BCUT2D eigenvalue weighted by molar-refractivity contribution is 0.969. The van der Waals surface area contributed by atoms with Crippen LogP contribution in [-0.2, 0) is 5.75 Å². The Hall–Kier alpha value is -0.710. The summed E-state index contributed by atoms with van der Waals surface area (Å²) < 4.78 is 0. The molecule has 0 radical (unpaired) electrons. The van der Waals surface area contributed by atoms with Gasteiger partial charge in [0.2, 0.25) is 0 Å². The number of benzene rings is 1. The zero-order valence-corrected chi connectivity index (χ0v) is 10.8. The van der Waals surface area contributed by atoms with Crippen LogP contribution < -0.4 is 0 Å². The molecule has 1 aromatic heterocycles. The Morgan fingerprint density at radius 1 is 1.31 bits per heavy atom. The molecule has 0 aliphatic heterocycles. The summed E-state index contributed by atoms with van der Waals surface area (Å²) in [7, 11) is 0. The molecule has 0 amide bonds. The van der Waals surface area contributed by atoms with Crippen LogP contribution in [0, 0.1) is 6.92 Å². The van der Waals surface area contributed by atoms with Crippen molar-refractivity contribution in [3.8, 4) is 0 Å². The van der Waals surface area contributed by atoms with Gasteiger partial charge in [-0.3, -0.25) is 0 Å². The molecule has 0 saturated heterocycles. The molecule has 1 N–H and O–H groups in total. The summed E-state index contributed by atoms with van der Waals surface area (Å²) in [5.41, 5.74) is 1.03. The van der Waals surface area contributed by atoms with E-state index in [9.17, 15) is 0 Å². The molecule has 0 aliphatic carbocycles. The van der Waals surface area contributed by atoms with Crippen LogP contribution in [0.25, 0.3) is 0 Å². The van der Waals surface area contributed by atoms with Crippen LogP contribution in [0.3, 0.4) is 0 Å². The molecule has 0 saturated carbocycles. The topological polar surface area (TPSA) is 41.6 Å². The summed E-state index contributed by atoms with van der Waals surface area (Å²) in [5.74, 6) is 1.55. The van der Waals surface area contributed by atoms with E-state index in [1.54, 1.807) is 17.8 Å². The number of nitrogens with one attached hydrogen (secondary N) is 1. The summed E-state index contributed by atoms with van der Waals surface area (Å²) in [5, 5.41) is 9.97. The molecule has 1 aromatic carbocycles. The molecule has 0 unspecified atom stereocenters. The molecule has 0 fully saturated rings. The highest BCUT2D eigenvalue weighted by atomic mass is 35.5. The number of hydrogen-bond donors (Lipinski definition) is 1. The Kier molecular flexibility index (Phi) is 3.74. The Morgan fingerprint density at radius 3 is 2.75 bits per heavy atom. The predicted octanol–water partition coefficient (Wildman–Crippen LogP) is 3.71. The first kappa shape index (κ1) is 11.8. The fourth-order valence-electron chi connectivity index (χ4n) is 1.17. The summed E-state index contributed by atoms with van der Waals surface area (Å²) in [6.45, 7) is 1.87. The summed E-state index contributed by atoms with van der Waals surface area (Å²) in [4.78, 5) is 3.05. The second-order valence-electron chi connectivity index (χ2n) is 3.24. The van der Waals surface area contributed by atoms with E-state index < -0.39 is 0 Å². The number of H-pyrrole nitrogens is 1. The van der Waals surface area contributed by atoms with Crippen molar-refractivity contribution in [1.82, 2.24) is 15.2 Å². The average Bonchev–Trinajstić information content (AvgIpc) is 2.63. The molecule has 16 heavy (non-hydrogen) atoms. The number of halogens is 2. The number of aromatic amines is 1. The van der Waals surface area contributed by atoms with Crippen molar-refractivity contribution in [2.75, 3.05) is 0 Å². The highest BCUT2D eigenvalue weighted by molar-refractivity contribution is 7.98. The third kappa shape index (κ3) is 2.90. The Bertz CT molecular complexity index is 499. The largest absolute Gasteiger partial charge is 0.320 e. The van der Waals surface area contributed by atoms with Crippen molar-refractivity contribution in [2.45, 2.75) is 17.8 Å². The van der Waals surface area contributed by atoms with Gasteiger partial charge < -0.3 is 4.98 Å². The van der Waals surface area contributed by atoms with Gasteiger partial charge in [0, 0.05) is 15.8 Å². The van der Waals surface area contributed by atoms with E-state index in [1.807, 2.05) is 19.1 Å². The normalized spacial score (nSPS) is 10.7. The molecule has 0 aliphatic rings. The number of aromatic nitrogens is 3. The fourth-order valence-corrected chi connectivity index (χ4v) is 2.59. The monoisotopic (exact) mass is 273 g/mol. The first-order valence-corrected chi connectivity index (χ1v) is 6.35. The molecule has 0 atom stereocenters. The predicted molar refractivity (Wildman–Crippen MR) is 67.1 cm³/mol. The van der Waals surface area contributed by atoms with Crippen molar-refractivity contribution >= 4 is 35.0 Å². The van der Waals surface area contributed by atoms with Gasteiger partial charge in [-0.05, 0) is 24.6 Å². The molecule has 0 spiro atoms. The van der Waals surface area contributed by atoms with E-state index >= 15 is 0 Å². The number of rotatable bonds is 3. The summed E-state index contributed by atoms with van der Waals surface area (Å²) >= 11 is 13.4. The quantitative estimate of drug-likeness (QED) is 0.867. The van der Waals surface area contributed by atoms with Crippen LogP contribution in [0.15, 0.2) is 23.4 Å². The first-order valence-electron chi connectivity index (χ1n) is 4.61. The molecule has 0 bridgehead atoms. The van der Waals surface area contributed by atoms with E-state index in [1.165, 1.54) is 0 Å². The maximum atomic E-state index is 6.06. The van der Waals surface area contributed by atoms with Gasteiger partial charge in [0.15, 0.2) is 5.16 Å². The zero-order valence-electron chi connectivity index (χ0n) is 8.50. The molecule has 6 heteroatoms. The minimum absolute atomic E-state index is 0.647. The Labute approximate surface area is 108 Å². The fraction of sp³-hybridized carbons (Fsp3) is 0.200. The van der Waals surface area contributed by atoms with Crippen molar-refractivity contribution in [1.29, 1.82) is 0 Å². The van der Waals surface area contributed by atoms with Gasteiger partial charge in [-0.2, -0.15) is 0 Å². The Morgan fingerprint density at radius 2 is 2.12 bits per heavy atom. The highest BCUT2D eigenvalue weighted by Gasteiger charge is 2.04. The van der Waals surface area contributed by atoms with Gasteiger partial charge in [-0.25, -0.2) is 0 Å². The van der Waals surface area contributed by atoms with Crippen LogP contribution in [-0.4, -0.2) is 15.2 Å². The summed E-state index contributed by atoms with van der Waals surface area (Å²) in [6.07, 6.45) is 0. The smallest absolute Gasteiger partial charge is 0.188 e. The Balaban J connectivity index is 2.04. The van der Waals surface area contributed by atoms with Crippen molar-refractivity contribution in [3.05, 3.63) is 39.6 Å². The van der Waals surface area contributed by atoms with E-state index in [4.69, 9.17) is 23.2 Å². The number of hydrogen-bond acceptors (Lipinski definition) is 3. The van der Waals surface area contributed by atoms with Gasteiger partial charge in [-0.15, -0.1) is 10.2 Å². The van der Waals surface area contributed by atoms with E-state index in [0.717, 1.165) is 22.3 Å². The molecule has 84 valence electrons. The standard InChI is InChI=1S/C10H9Cl2N3S/c1-6-13-10(15-14-6)16-5-7-2-3-8(11)4-9(7)12/h2-4H,5H2,1H3,(H,13,14,15). The van der Waals surface area contributed by atoms with E-state index in [0.29, 0.717) is 10.0 Å². The van der Waals surface area contributed by atoms with Crippen molar-refractivity contribution < 1.29 is 0 Å². The third-order valence-corrected chi connectivity index (χ3v) is 3.46. The maximum absolute atomic E-state index is 6.06. The van der Waals surface area contributed by atoms with Crippen LogP contribution in [0.2, 0.25) is 10.0 Å². The minimum Gasteiger partial charge on any atom is -0.320 e. The lowest BCUT2D eigenvalue weighted by Crippen LogP contribution is -1.84. The van der Waals surface area contributed by atoms with Gasteiger partial charge in [0.05, 0.1) is 0 Å². The molecule has 3 nitrogen and oxygen atoms in total. The molecule has 2 aromatic rings. The number of nitrogens with zero attached hydrogens (tertiary/aromatic N) is 2. The van der Waals surface area contributed by atoms with Crippen LogP contribution >= 0.6 is 35.0 Å². The lowest BCUT2D eigenvalue weighted by Gasteiger charge is -2.02. The SMILES string of the molecule is Cc1nnc(SCc2ccc(Cl)cc2Cl)[nH]1. The number of thioether (sulfide) groups is 1.